The van der Waals surface area contributed by atoms with Crippen molar-refractivity contribution in [2.24, 2.45) is 0 Å². The minimum absolute atomic E-state index is 0.307. The normalized spacial score (nSPS) is 17.0. The molecule has 0 N–H and O–H groups in total. The zero-order valence-corrected chi connectivity index (χ0v) is 21.1. The van der Waals surface area contributed by atoms with Gasteiger partial charge >= 0.3 is 0 Å². The predicted molar refractivity (Wildman–Crippen MR) is 157 cm³/mol. The highest BCUT2D eigenvalue weighted by atomic mass is 15.1. The van der Waals surface area contributed by atoms with Crippen molar-refractivity contribution in [3.05, 3.63) is 161 Å². The van der Waals surface area contributed by atoms with Gasteiger partial charge in [-0.25, -0.2) is 0 Å². The number of benzene rings is 4. The zero-order chi connectivity index (χ0) is 25.0. The Hall–Kier alpha value is -4.36. The Morgan fingerprint density at radius 1 is 0.811 bits per heavy atom. The van der Waals surface area contributed by atoms with Crippen LogP contribution in [0.25, 0.3) is 21.9 Å². The van der Waals surface area contributed by atoms with Crippen LogP contribution in [0.3, 0.4) is 0 Å². The molecule has 3 aliphatic carbocycles. The summed E-state index contributed by atoms with van der Waals surface area (Å²) in [5.74, 6) is 0. The number of anilines is 1. The predicted octanol–water partition coefficient (Wildman–Crippen LogP) is 8.90. The molecule has 1 heteroatoms. The van der Waals surface area contributed by atoms with Gasteiger partial charge < -0.3 is 4.90 Å². The lowest BCUT2D eigenvalue weighted by atomic mass is 9.68. The summed E-state index contributed by atoms with van der Waals surface area (Å²) < 4.78 is 0. The topological polar surface area (TPSA) is 3.24 Å². The molecule has 3 aliphatic rings. The molecule has 0 bridgehead atoms. The molecule has 0 unspecified atom stereocenters. The van der Waals surface area contributed by atoms with Crippen molar-refractivity contribution < 1.29 is 0 Å². The summed E-state index contributed by atoms with van der Waals surface area (Å²) in [7, 11) is 2.15. The summed E-state index contributed by atoms with van der Waals surface area (Å²) in [5.41, 5.74) is 11.8. The van der Waals surface area contributed by atoms with Gasteiger partial charge in [0.1, 0.15) is 0 Å². The molecule has 37 heavy (non-hydrogen) atoms. The molecule has 0 saturated carbocycles. The molecule has 7 rings (SSSR count). The van der Waals surface area contributed by atoms with E-state index in [-0.39, 0.29) is 5.41 Å². The van der Waals surface area contributed by atoms with E-state index in [2.05, 4.69) is 140 Å². The lowest BCUT2D eigenvalue weighted by Gasteiger charge is -2.33. The first-order valence-electron chi connectivity index (χ1n) is 13.1. The Morgan fingerprint density at radius 3 is 2.24 bits per heavy atom. The Bertz CT molecular complexity index is 1660. The molecule has 178 valence electrons. The minimum atomic E-state index is -0.307. The Morgan fingerprint density at radius 2 is 1.49 bits per heavy atom. The van der Waals surface area contributed by atoms with Crippen LogP contribution < -0.4 is 4.90 Å². The summed E-state index contributed by atoms with van der Waals surface area (Å²) in [4.78, 5) is 2.25. The molecule has 1 spiro atoms. The lowest BCUT2D eigenvalue weighted by molar-refractivity contribution is 0.768. The average molecular weight is 476 g/mol. The van der Waals surface area contributed by atoms with Crippen LogP contribution in [0, 0.1) is 0 Å². The molecule has 1 nitrogen and oxygen atoms in total. The second kappa shape index (κ2) is 8.35. The summed E-state index contributed by atoms with van der Waals surface area (Å²) in [6.45, 7) is 4.39. The molecule has 0 heterocycles. The smallest absolute Gasteiger partial charge is 0.0722 e. The van der Waals surface area contributed by atoms with Crippen LogP contribution in [0.1, 0.15) is 24.0 Å². The quantitative estimate of drug-likeness (QED) is 0.285. The molecular formula is C36H29N. The Labute approximate surface area is 219 Å². The molecule has 0 amide bonds. The summed E-state index contributed by atoms with van der Waals surface area (Å²) in [6.07, 6.45) is 13.5. The maximum Gasteiger partial charge on any atom is 0.0722 e. The lowest BCUT2D eigenvalue weighted by Crippen LogP contribution is -2.27. The molecule has 0 aliphatic heterocycles. The summed E-state index contributed by atoms with van der Waals surface area (Å²) in [6, 6.07) is 33.0. The van der Waals surface area contributed by atoms with Gasteiger partial charge in [-0.3, -0.25) is 0 Å². The SMILES string of the molecule is C=CC1=C(/C=C\N(C)c2cccc3ccccc23)C2=C(C=CCC2)C12c1ccccc1-c1ccccc12. The van der Waals surface area contributed by atoms with Crippen molar-refractivity contribution in [1.29, 1.82) is 0 Å². The van der Waals surface area contributed by atoms with E-state index in [1.54, 1.807) is 0 Å². The van der Waals surface area contributed by atoms with Gasteiger partial charge in [0.15, 0.2) is 0 Å². The first-order chi connectivity index (χ1) is 18.2. The standard InChI is InChI=1S/C36H29N/c1-3-31-30(23-24-37(2)35-22-12-14-25-13-4-5-15-26(25)35)29-18-8-11-21-34(29)36(31)32-19-9-6-16-27(32)28-17-7-10-20-33(28)36/h3-7,9-17,19-24H,1,8,18H2,2H3/b24-23-. The highest BCUT2D eigenvalue weighted by Crippen LogP contribution is 2.62. The van der Waals surface area contributed by atoms with Crippen LogP contribution in [0.4, 0.5) is 5.69 Å². The van der Waals surface area contributed by atoms with Crippen LogP contribution in [-0.4, -0.2) is 7.05 Å². The van der Waals surface area contributed by atoms with Gasteiger partial charge in [0.05, 0.1) is 5.41 Å². The van der Waals surface area contributed by atoms with Gasteiger partial charge in [-0.15, -0.1) is 0 Å². The Kier molecular flexibility index (Phi) is 4.94. The number of hydrogen-bond donors (Lipinski definition) is 0. The van der Waals surface area contributed by atoms with Gasteiger partial charge in [0, 0.05) is 24.3 Å². The fraction of sp³-hybridized carbons (Fsp3) is 0.111. The molecular weight excluding hydrogens is 446 g/mol. The second-order valence-corrected chi connectivity index (χ2v) is 10.1. The monoisotopic (exact) mass is 475 g/mol. The van der Waals surface area contributed by atoms with Crippen LogP contribution in [-0.2, 0) is 5.41 Å². The third-order valence-corrected chi connectivity index (χ3v) is 8.36. The zero-order valence-electron chi connectivity index (χ0n) is 21.1. The van der Waals surface area contributed by atoms with Gasteiger partial charge in [-0.05, 0) is 74.9 Å². The highest BCUT2D eigenvalue weighted by Gasteiger charge is 2.52. The minimum Gasteiger partial charge on any atom is -0.351 e. The molecule has 0 aromatic heterocycles. The van der Waals surface area contributed by atoms with Crippen molar-refractivity contribution in [3.8, 4) is 11.1 Å². The number of allylic oxidation sites excluding steroid dienone is 8. The molecule has 0 radical (unpaired) electrons. The van der Waals surface area contributed by atoms with E-state index >= 15 is 0 Å². The Balaban J connectivity index is 1.44. The van der Waals surface area contributed by atoms with Crippen LogP contribution in [0.2, 0.25) is 0 Å². The van der Waals surface area contributed by atoms with Crippen LogP contribution in [0.15, 0.2) is 150 Å². The third kappa shape index (κ3) is 2.98. The van der Waals surface area contributed by atoms with E-state index in [4.69, 9.17) is 0 Å². The van der Waals surface area contributed by atoms with Gasteiger partial charge in [0.2, 0.25) is 0 Å². The molecule has 4 aromatic carbocycles. The maximum atomic E-state index is 4.39. The molecule has 4 aromatic rings. The van der Waals surface area contributed by atoms with Gasteiger partial charge in [-0.2, -0.15) is 0 Å². The highest BCUT2D eigenvalue weighted by molar-refractivity contribution is 5.95. The first kappa shape index (κ1) is 21.9. The van der Waals surface area contributed by atoms with Crippen molar-refractivity contribution in [2.75, 3.05) is 11.9 Å². The summed E-state index contributed by atoms with van der Waals surface area (Å²) in [5, 5.41) is 2.52. The number of hydrogen-bond acceptors (Lipinski definition) is 1. The molecule has 0 atom stereocenters. The van der Waals surface area contributed by atoms with E-state index < -0.39 is 0 Å². The fourth-order valence-electron chi connectivity index (χ4n) is 6.86. The van der Waals surface area contributed by atoms with E-state index in [0.717, 1.165) is 12.8 Å². The van der Waals surface area contributed by atoms with Crippen LogP contribution in [0.5, 0.6) is 0 Å². The van der Waals surface area contributed by atoms with Crippen LogP contribution >= 0.6 is 0 Å². The van der Waals surface area contributed by atoms with E-state index in [9.17, 15) is 0 Å². The fourth-order valence-corrected chi connectivity index (χ4v) is 6.86. The second-order valence-electron chi connectivity index (χ2n) is 10.1. The molecule has 0 fully saturated rings. The number of fused-ring (bicyclic) bond motifs is 7. The number of nitrogens with zero attached hydrogens (tertiary/aromatic N) is 1. The van der Waals surface area contributed by atoms with E-state index in [1.807, 2.05) is 0 Å². The molecule has 0 saturated heterocycles. The van der Waals surface area contributed by atoms with Crippen molar-refractivity contribution in [1.82, 2.24) is 0 Å². The maximum absolute atomic E-state index is 4.39. The van der Waals surface area contributed by atoms with E-state index in [0.29, 0.717) is 0 Å². The number of rotatable bonds is 4. The van der Waals surface area contributed by atoms with Gasteiger partial charge in [-0.1, -0.05) is 110 Å². The first-order valence-corrected chi connectivity index (χ1v) is 13.1. The van der Waals surface area contributed by atoms with E-state index in [1.165, 1.54) is 61.0 Å². The van der Waals surface area contributed by atoms with Crippen molar-refractivity contribution >= 4 is 16.5 Å². The largest absolute Gasteiger partial charge is 0.351 e. The summed E-state index contributed by atoms with van der Waals surface area (Å²) >= 11 is 0. The van der Waals surface area contributed by atoms with Crippen molar-refractivity contribution in [2.45, 2.75) is 18.3 Å². The third-order valence-electron chi connectivity index (χ3n) is 8.36. The average Bonchev–Trinajstić information content (AvgIpc) is 3.42. The van der Waals surface area contributed by atoms with Crippen molar-refractivity contribution in [3.63, 3.8) is 0 Å². The van der Waals surface area contributed by atoms with Gasteiger partial charge in [0.25, 0.3) is 0 Å².